The lowest BCUT2D eigenvalue weighted by molar-refractivity contribution is -0.120. The first-order valence-corrected chi connectivity index (χ1v) is 6.31. The molecule has 0 spiro atoms. The predicted octanol–water partition coefficient (Wildman–Crippen LogP) is 2.08. The van der Waals surface area contributed by atoms with E-state index in [1.807, 2.05) is 13.0 Å². The SMILES string of the molecule is CCC(=O)NCCOc1ccc2c(c1)CCC2. The molecule has 2 rings (SSSR count). The van der Waals surface area contributed by atoms with Crippen LogP contribution in [0, 0.1) is 0 Å². The molecule has 1 aromatic carbocycles. The van der Waals surface area contributed by atoms with Crippen molar-refractivity contribution in [3.05, 3.63) is 29.3 Å². The molecule has 3 heteroatoms. The monoisotopic (exact) mass is 233 g/mol. The third-order valence-corrected chi connectivity index (χ3v) is 3.08. The van der Waals surface area contributed by atoms with Gasteiger partial charge in [0.15, 0.2) is 0 Å². The number of amides is 1. The molecule has 1 aromatic rings. The molecule has 0 radical (unpaired) electrons. The fraction of sp³-hybridized carbons (Fsp3) is 0.500. The maximum atomic E-state index is 11.0. The topological polar surface area (TPSA) is 38.3 Å². The van der Waals surface area contributed by atoms with Crippen molar-refractivity contribution >= 4 is 5.91 Å². The molecule has 0 aromatic heterocycles. The van der Waals surface area contributed by atoms with E-state index in [0.717, 1.165) is 5.75 Å². The Morgan fingerprint density at radius 2 is 2.18 bits per heavy atom. The van der Waals surface area contributed by atoms with Crippen LogP contribution in [0.15, 0.2) is 18.2 Å². The molecule has 0 unspecified atom stereocenters. The fourth-order valence-corrected chi connectivity index (χ4v) is 2.12. The van der Waals surface area contributed by atoms with Gasteiger partial charge in [-0.3, -0.25) is 4.79 Å². The highest BCUT2D eigenvalue weighted by Gasteiger charge is 2.10. The second kappa shape index (κ2) is 5.71. The van der Waals surface area contributed by atoms with E-state index >= 15 is 0 Å². The van der Waals surface area contributed by atoms with Crippen LogP contribution in [0.2, 0.25) is 0 Å². The van der Waals surface area contributed by atoms with Gasteiger partial charge in [-0.2, -0.15) is 0 Å². The Hall–Kier alpha value is -1.51. The van der Waals surface area contributed by atoms with Crippen LogP contribution in [-0.2, 0) is 17.6 Å². The third-order valence-electron chi connectivity index (χ3n) is 3.08. The van der Waals surface area contributed by atoms with E-state index in [-0.39, 0.29) is 5.91 Å². The molecule has 0 bridgehead atoms. The van der Waals surface area contributed by atoms with Gasteiger partial charge in [0, 0.05) is 6.42 Å². The van der Waals surface area contributed by atoms with Crippen LogP contribution in [0.25, 0.3) is 0 Å². The van der Waals surface area contributed by atoms with Crippen molar-refractivity contribution < 1.29 is 9.53 Å². The molecule has 1 aliphatic carbocycles. The van der Waals surface area contributed by atoms with E-state index in [0.29, 0.717) is 19.6 Å². The van der Waals surface area contributed by atoms with Crippen molar-refractivity contribution in [1.29, 1.82) is 0 Å². The molecule has 0 atom stereocenters. The lowest BCUT2D eigenvalue weighted by Gasteiger charge is -2.08. The van der Waals surface area contributed by atoms with Gasteiger partial charge in [0.2, 0.25) is 5.91 Å². The summed E-state index contributed by atoms with van der Waals surface area (Å²) in [5, 5.41) is 2.79. The van der Waals surface area contributed by atoms with Crippen LogP contribution in [0.3, 0.4) is 0 Å². The van der Waals surface area contributed by atoms with E-state index in [1.54, 1.807) is 0 Å². The molecular weight excluding hydrogens is 214 g/mol. The van der Waals surface area contributed by atoms with Gasteiger partial charge in [-0.05, 0) is 42.5 Å². The Labute approximate surface area is 102 Å². The minimum atomic E-state index is 0.0718. The van der Waals surface area contributed by atoms with E-state index in [4.69, 9.17) is 4.74 Å². The first-order chi connectivity index (χ1) is 8.29. The Morgan fingerprint density at radius 1 is 1.35 bits per heavy atom. The summed E-state index contributed by atoms with van der Waals surface area (Å²) in [6.07, 6.45) is 4.14. The number of nitrogens with one attached hydrogen (secondary N) is 1. The first-order valence-electron chi connectivity index (χ1n) is 6.31. The van der Waals surface area contributed by atoms with Crippen LogP contribution in [0.5, 0.6) is 5.75 Å². The van der Waals surface area contributed by atoms with Crippen LogP contribution in [0.1, 0.15) is 30.9 Å². The van der Waals surface area contributed by atoms with Crippen molar-refractivity contribution in [1.82, 2.24) is 5.32 Å². The number of fused-ring (bicyclic) bond motifs is 1. The van der Waals surface area contributed by atoms with E-state index in [9.17, 15) is 4.79 Å². The molecule has 1 aliphatic rings. The quantitative estimate of drug-likeness (QED) is 0.791. The minimum Gasteiger partial charge on any atom is -0.492 e. The number of hydrogen-bond acceptors (Lipinski definition) is 2. The van der Waals surface area contributed by atoms with Crippen LogP contribution in [-0.4, -0.2) is 19.1 Å². The van der Waals surface area contributed by atoms with Gasteiger partial charge in [0.1, 0.15) is 12.4 Å². The highest BCUT2D eigenvalue weighted by molar-refractivity contribution is 5.75. The molecule has 0 heterocycles. The Bertz CT molecular complexity index is 401. The first kappa shape index (κ1) is 12.0. The minimum absolute atomic E-state index is 0.0718. The molecule has 0 saturated carbocycles. The number of hydrogen-bond donors (Lipinski definition) is 1. The molecule has 0 saturated heterocycles. The van der Waals surface area contributed by atoms with Crippen molar-refractivity contribution in [2.24, 2.45) is 0 Å². The second-order valence-electron chi connectivity index (χ2n) is 4.34. The molecule has 0 fully saturated rings. The molecule has 3 nitrogen and oxygen atoms in total. The number of carbonyl (C=O) groups is 1. The van der Waals surface area contributed by atoms with Gasteiger partial charge in [-0.15, -0.1) is 0 Å². The molecule has 1 amide bonds. The zero-order valence-electron chi connectivity index (χ0n) is 10.3. The average molecular weight is 233 g/mol. The number of aryl methyl sites for hydroxylation is 2. The molecule has 92 valence electrons. The van der Waals surface area contributed by atoms with Gasteiger partial charge < -0.3 is 10.1 Å². The summed E-state index contributed by atoms with van der Waals surface area (Å²) in [5.41, 5.74) is 2.87. The normalized spacial score (nSPS) is 13.2. The summed E-state index contributed by atoms with van der Waals surface area (Å²) in [6, 6.07) is 6.30. The summed E-state index contributed by atoms with van der Waals surface area (Å²) in [7, 11) is 0. The highest BCUT2D eigenvalue weighted by atomic mass is 16.5. The number of ether oxygens (including phenoxy) is 1. The van der Waals surface area contributed by atoms with Crippen molar-refractivity contribution in [3.8, 4) is 5.75 Å². The summed E-state index contributed by atoms with van der Waals surface area (Å²) in [6.45, 7) is 2.95. The van der Waals surface area contributed by atoms with Crippen molar-refractivity contribution in [3.63, 3.8) is 0 Å². The van der Waals surface area contributed by atoms with Gasteiger partial charge in [0.05, 0.1) is 6.54 Å². The summed E-state index contributed by atoms with van der Waals surface area (Å²) >= 11 is 0. The zero-order valence-corrected chi connectivity index (χ0v) is 10.3. The highest BCUT2D eigenvalue weighted by Crippen LogP contribution is 2.25. The summed E-state index contributed by atoms with van der Waals surface area (Å²) < 4.78 is 5.61. The number of carbonyl (C=O) groups excluding carboxylic acids is 1. The summed E-state index contributed by atoms with van der Waals surface area (Å²) in [5.74, 6) is 0.985. The Balaban J connectivity index is 1.78. The number of benzene rings is 1. The maximum absolute atomic E-state index is 11.0. The largest absolute Gasteiger partial charge is 0.492 e. The van der Waals surface area contributed by atoms with E-state index in [1.165, 1.54) is 30.4 Å². The molecule has 1 N–H and O–H groups in total. The smallest absolute Gasteiger partial charge is 0.219 e. The van der Waals surface area contributed by atoms with Crippen molar-refractivity contribution in [2.75, 3.05) is 13.2 Å². The maximum Gasteiger partial charge on any atom is 0.219 e. The van der Waals surface area contributed by atoms with Gasteiger partial charge >= 0.3 is 0 Å². The van der Waals surface area contributed by atoms with Gasteiger partial charge in [0.25, 0.3) is 0 Å². The van der Waals surface area contributed by atoms with Crippen LogP contribution in [0.4, 0.5) is 0 Å². The zero-order chi connectivity index (χ0) is 12.1. The predicted molar refractivity (Wildman–Crippen MR) is 67.3 cm³/mol. The standard InChI is InChI=1S/C14H19NO2/c1-2-14(16)15-8-9-17-13-7-6-11-4-3-5-12(11)10-13/h6-7,10H,2-5,8-9H2,1H3,(H,15,16). The van der Waals surface area contributed by atoms with Crippen LogP contribution >= 0.6 is 0 Å². The van der Waals surface area contributed by atoms with E-state index < -0.39 is 0 Å². The van der Waals surface area contributed by atoms with Crippen molar-refractivity contribution in [2.45, 2.75) is 32.6 Å². The van der Waals surface area contributed by atoms with E-state index in [2.05, 4.69) is 17.4 Å². The average Bonchev–Trinajstić information content (AvgIpc) is 2.81. The lowest BCUT2D eigenvalue weighted by Crippen LogP contribution is -2.27. The second-order valence-corrected chi connectivity index (χ2v) is 4.34. The number of rotatable bonds is 5. The molecule has 0 aliphatic heterocycles. The van der Waals surface area contributed by atoms with Crippen LogP contribution < -0.4 is 10.1 Å². The Kier molecular flexibility index (Phi) is 4.02. The lowest BCUT2D eigenvalue weighted by atomic mass is 10.1. The summed E-state index contributed by atoms with van der Waals surface area (Å²) in [4.78, 5) is 11.0. The van der Waals surface area contributed by atoms with Gasteiger partial charge in [-0.1, -0.05) is 13.0 Å². The fourth-order valence-electron chi connectivity index (χ4n) is 2.12. The third kappa shape index (κ3) is 3.22. The molecule has 17 heavy (non-hydrogen) atoms. The molecular formula is C14H19NO2. The Morgan fingerprint density at radius 3 is 3.00 bits per heavy atom. The van der Waals surface area contributed by atoms with Gasteiger partial charge in [-0.25, -0.2) is 0 Å².